The van der Waals surface area contributed by atoms with E-state index in [9.17, 15) is 0 Å². The summed E-state index contributed by atoms with van der Waals surface area (Å²) in [5.41, 5.74) is 5.19. The normalized spacial score (nSPS) is 16.9. The third-order valence-electron chi connectivity index (χ3n) is 5.72. The average molecular weight is 364 g/mol. The number of hydrogen-bond acceptors (Lipinski definition) is 3. The number of hydrogen-bond donors (Lipinski definition) is 1. The Labute approximate surface area is 161 Å². The van der Waals surface area contributed by atoms with Crippen molar-refractivity contribution in [3.63, 3.8) is 0 Å². The van der Waals surface area contributed by atoms with E-state index in [-0.39, 0.29) is 0 Å². The van der Waals surface area contributed by atoms with E-state index in [2.05, 4.69) is 65.2 Å². The maximum atomic E-state index is 5.58. The number of H-pyrrole nitrogens is 1. The fourth-order valence-corrected chi connectivity index (χ4v) is 4.29. The van der Waals surface area contributed by atoms with Gasteiger partial charge in [-0.2, -0.15) is 0 Å². The lowest BCUT2D eigenvalue weighted by molar-refractivity contribution is 0.0843. The molecule has 3 heterocycles. The number of nitrogens with one attached hydrogen (secondary N) is 1. The van der Waals surface area contributed by atoms with Crippen LogP contribution in [0, 0.1) is 0 Å². The fraction of sp³-hybridized carbons (Fsp3) is 0.435. The first kappa shape index (κ1) is 18.2. The van der Waals surface area contributed by atoms with E-state index in [1.807, 2.05) is 12.3 Å². The number of rotatable bonds is 6. The fourth-order valence-electron chi connectivity index (χ4n) is 4.29. The van der Waals surface area contributed by atoms with Crippen LogP contribution >= 0.6 is 0 Å². The molecule has 0 spiro atoms. The minimum absolute atomic E-state index is 0.506. The van der Waals surface area contributed by atoms with Crippen LogP contribution in [-0.4, -0.2) is 41.7 Å². The molecule has 1 aliphatic rings. The van der Waals surface area contributed by atoms with E-state index in [1.165, 1.54) is 22.2 Å². The Hall–Kier alpha value is -2.17. The highest BCUT2D eigenvalue weighted by Gasteiger charge is 2.23. The van der Waals surface area contributed by atoms with Gasteiger partial charge in [0.05, 0.1) is 0 Å². The smallest absolute Gasteiger partial charge is 0.137 e. The number of benzene rings is 1. The van der Waals surface area contributed by atoms with Crippen LogP contribution in [0.1, 0.15) is 48.4 Å². The number of likely N-dealkylation sites (N-methyl/N-ethyl adjacent to an activating group) is 1. The lowest BCUT2D eigenvalue weighted by atomic mass is 9.93. The van der Waals surface area contributed by atoms with Gasteiger partial charge >= 0.3 is 0 Å². The lowest BCUT2D eigenvalue weighted by Crippen LogP contribution is -2.24. The molecule has 4 nitrogen and oxygen atoms in total. The van der Waals surface area contributed by atoms with Crippen LogP contribution in [0.25, 0.3) is 11.0 Å². The van der Waals surface area contributed by atoms with Gasteiger partial charge in [-0.25, -0.2) is 4.98 Å². The summed E-state index contributed by atoms with van der Waals surface area (Å²) in [7, 11) is 2.22. The zero-order chi connectivity index (χ0) is 18.6. The number of fused-ring (bicyclic) bond motifs is 1. The molecular weight excluding hydrogens is 334 g/mol. The molecule has 1 aromatic carbocycles. The second kappa shape index (κ2) is 8.24. The minimum atomic E-state index is 0.506. The monoisotopic (exact) mass is 363 g/mol. The van der Waals surface area contributed by atoms with E-state index in [0.717, 1.165) is 44.8 Å². The number of pyridine rings is 1. The molecule has 0 unspecified atom stereocenters. The van der Waals surface area contributed by atoms with Crippen molar-refractivity contribution in [3.05, 3.63) is 65.5 Å². The van der Waals surface area contributed by atoms with Crippen molar-refractivity contribution in [2.75, 3.05) is 26.8 Å². The van der Waals surface area contributed by atoms with E-state index < -0.39 is 0 Å². The summed E-state index contributed by atoms with van der Waals surface area (Å²) in [4.78, 5) is 10.6. The lowest BCUT2D eigenvalue weighted by Gasteiger charge is -2.25. The predicted octanol–water partition coefficient (Wildman–Crippen LogP) is 4.69. The first-order chi connectivity index (χ1) is 13.2. The minimum Gasteiger partial charge on any atom is -0.381 e. The van der Waals surface area contributed by atoms with E-state index in [0.29, 0.717) is 11.8 Å². The van der Waals surface area contributed by atoms with Gasteiger partial charge in [0.1, 0.15) is 5.65 Å². The Bertz CT molecular complexity index is 868. The van der Waals surface area contributed by atoms with E-state index in [1.54, 1.807) is 0 Å². The van der Waals surface area contributed by atoms with Crippen molar-refractivity contribution in [2.45, 2.75) is 38.1 Å². The zero-order valence-corrected chi connectivity index (χ0v) is 16.3. The summed E-state index contributed by atoms with van der Waals surface area (Å²) in [6.07, 6.45) is 4.05. The molecule has 0 amide bonds. The molecule has 0 saturated carbocycles. The molecule has 27 heavy (non-hydrogen) atoms. The predicted molar refractivity (Wildman–Crippen MR) is 110 cm³/mol. The largest absolute Gasteiger partial charge is 0.381 e. The Morgan fingerprint density at radius 2 is 1.93 bits per heavy atom. The van der Waals surface area contributed by atoms with Crippen molar-refractivity contribution in [3.8, 4) is 0 Å². The summed E-state index contributed by atoms with van der Waals surface area (Å²) < 4.78 is 5.58. The Kier molecular flexibility index (Phi) is 5.55. The summed E-state index contributed by atoms with van der Waals surface area (Å²) in [5, 5.41) is 1.26. The van der Waals surface area contributed by atoms with Gasteiger partial charge in [0.15, 0.2) is 0 Å². The summed E-state index contributed by atoms with van der Waals surface area (Å²) in [5.74, 6) is 1.05. The second-order valence-corrected chi connectivity index (χ2v) is 7.81. The molecule has 1 fully saturated rings. The standard InChI is InChI=1S/C23H29N3O/c1-17(18-7-4-3-5-8-18)15-26(2)16-21-20-9-6-12-24-23(20)25-22(21)19-10-13-27-14-11-19/h3-9,12,17,19H,10-11,13-16H2,1-2H3,(H,24,25)/t17-/m1/s1. The Morgan fingerprint density at radius 1 is 1.15 bits per heavy atom. The van der Waals surface area contributed by atoms with Gasteiger partial charge in [0.25, 0.3) is 0 Å². The van der Waals surface area contributed by atoms with Gasteiger partial charge < -0.3 is 14.6 Å². The Morgan fingerprint density at radius 3 is 2.70 bits per heavy atom. The van der Waals surface area contributed by atoms with Crippen molar-refractivity contribution < 1.29 is 4.74 Å². The molecule has 1 atom stereocenters. The quantitative estimate of drug-likeness (QED) is 0.690. The zero-order valence-electron chi connectivity index (χ0n) is 16.3. The van der Waals surface area contributed by atoms with E-state index in [4.69, 9.17) is 4.74 Å². The van der Waals surface area contributed by atoms with Crippen molar-refractivity contribution >= 4 is 11.0 Å². The highest BCUT2D eigenvalue weighted by atomic mass is 16.5. The first-order valence-corrected chi connectivity index (χ1v) is 9.99. The highest BCUT2D eigenvalue weighted by Crippen LogP contribution is 2.33. The van der Waals surface area contributed by atoms with E-state index >= 15 is 0 Å². The SMILES string of the molecule is C[C@H](CN(C)Cc1c(C2CCOCC2)[nH]c2ncccc12)c1ccccc1. The van der Waals surface area contributed by atoms with Gasteiger partial charge in [-0.05, 0) is 49.1 Å². The van der Waals surface area contributed by atoms with Crippen LogP contribution in [0.2, 0.25) is 0 Å². The molecule has 3 aromatic rings. The van der Waals surface area contributed by atoms with Gasteiger partial charge in [0.2, 0.25) is 0 Å². The third kappa shape index (κ3) is 4.07. The molecule has 1 aliphatic heterocycles. The van der Waals surface area contributed by atoms with Crippen LogP contribution in [0.4, 0.5) is 0 Å². The van der Waals surface area contributed by atoms with Crippen LogP contribution < -0.4 is 0 Å². The van der Waals surface area contributed by atoms with Crippen molar-refractivity contribution in [1.82, 2.24) is 14.9 Å². The molecule has 1 N–H and O–H groups in total. The topological polar surface area (TPSA) is 41.1 Å². The summed E-state index contributed by atoms with van der Waals surface area (Å²) in [6, 6.07) is 15.0. The first-order valence-electron chi connectivity index (χ1n) is 9.99. The molecular formula is C23H29N3O. The van der Waals surface area contributed by atoms with Gasteiger partial charge in [-0.3, -0.25) is 0 Å². The summed E-state index contributed by atoms with van der Waals surface area (Å²) in [6.45, 7) is 5.99. The molecule has 0 aliphatic carbocycles. The van der Waals surface area contributed by atoms with Crippen LogP contribution in [0.3, 0.4) is 0 Å². The number of ether oxygens (including phenoxy) is 1. The maximum absolute atomic E-state index is 5.58. The molecule has 4 rings (SSSR count). The number of aromatic amines is 1. The van der Waals surface area contributed by atoms with Gasteiger partial charge in [-0.1, -0.05) is 37.3 Å². The molecule has 0 bridgehead atoms. The maximum Gasteiger partial charge on any atom is 0.137 e. The molecule has 0 radical (unpaired) electrons. The van der Waals surface area contributed by atoms with Gasteiger partial charge in [0, 0.05) is 49.5 Å². The second-order valence-electron chi connectivity index (χ2n) is 7.81. The number of nitrogens with zero attached hydrogens (tertiary/aromatic N) is 2. The molecule has 142 valence electrons. The van der Waals surface area contributed by atoms with Crippen LogP contribution in [0.5, 0.6) is 0 Å². The van der Waals surface area contributed by atoms with Gasteiger partial charge in [-0.15, -0.1) is 0 Å². The Balaban J connectivity index is 1.56. The molecule has 4 heteroatoms. The average Bonchev–Trinajstić information content (AvgIpc) is 3.08. The highest BCUT2D eigenvalue weighted by molar-refractivity contribution is 5.81. The summed E-state index contributed by atoms with van der Waals surface area (Å²) >= 11 is 0. The molecule has 2 aromatic heterocycles. The van der Waals surface area contributed by atoms with Crippen LogP contribution in [-0.2, 0) is 11.3 Å². The van der Waals surface area contributed by atoms with Crippen LogP contribution in [0.15, 0.2) is 48.7 Å². The number of aromatic nitrogens is 2. The third-order valence-corrected chi connectivity index (χ3v) is 5.72. The van der Waals surface area contributed by atoms with Crippen molar-refractivity contribution in [2.24, 2.45) is 0 Å². The molecule has 1 saturated heterocycles. The van der Waals surface area contributed by atoms with Crippen molar-refractivity contribution in [1.29, 1.82) is 0 Å².